The topological polar surface area (TPSA) is 35.8 Å². The van der Waals surface area contributed by atoms with E-state index in [0.717, 1.165) is 15.7 Å². The predicted molar refractivity (Wildman–Crippen MR) is 77.4 cm³/mol. The fourth-order valence-corrected chi connectivity index (χ4v) is 1.98. The Bertz CT molecular complexity index is 529. The lowest BCUT2D eigenvalue weighted by atomic mass is 10.0. The van der Waals surface area contributed by atoms with E-state index in [1.165, 1.54) is 0 Å². The highest BCUT2D eigenvalue weighted by molar-refractivity contribution is 9.10. The number of hydrogen-bond acceptors (Lipinski definition) is 2. The zero-order valence-electron chi connectivity index (χ0n) is 9.81. The van der Waals surface area contributed by atoms with E-state index < -0.39 is 0 Å². The average molecular weight is 301 g/mol. The van der Waals surface area contributed by atoms with E-state index in [9.17, 15) is 5.26 Å². The van der Waals surface area contributed by atoms with Gasteiger partial charge in [0.2, 0.25) is 0 Å². The van der Waals surface area contributed by atoms with Gasteiger partial charge in [-0.2, -0.15) is 5.26 Å². The minimum Gasteiger partial charge on any atom is -0.383 e. The molecule has 0 saturated carbocycles. The van der Waals surface area contributed by atoms with Gasteiger partial charge in [-0.05, 0) is 29.8 Å². The lowest BCUT2D eigenvalue weighted by Crippen LogP contribution is -2.10. The third-order valence-electron chi connectivity index (χ3n) is 2.71. The van der Waals surface area contributed by atoms with Crippen molar-refractivity contribution in [3.05, 3.63) is 64.6 Å². The molecule has 0 heterocycles. The number of anilines is 1. The summed E-state index contributed by atoms with van der Waals surface area (Å²) in [4.78, 5) is 0. The van der Waals surface area contributed by atoms with Crippen LogP contribution >= 0.6 is 15.9 Å². The van der Waals surface area contributed by atoms with Crippen molar-refractivity contribution >= 4 is 21.6 Å². The number of nitrogens with one attached hydrogen (secondary N) is 1. The Morgan fingerprint density at radius 2 is 1.72 bits per heavy atom. The molecule has 3 heteroatoms. The number of hydrogen-bond donors (Lipinski definition) is 1. The summed E-state index contributed by atoms with van der Waals surface area (Å²) in [5.74, 6) is -0.130. The third-order valence-corrected chi connectivity index (χ3v) is 3.24. The minimum absolute atomic E-state index is 0.130. The monoisotopic (exact) mass is 300 g/mol. The summed E-state index contributed by atoms with van der Waals surface area (Å²) in [6.45, 7) is 0.613. The summed E-state index contributed by atoms with van der Waals surface area (Å²) in [5.41, 5.74) is 2.07. The van der Waals surface area contributed by atoms with Gasteiger partial charge in [0.15, 0.2) is 0 Å². The van der Waals surface area contributed by atoms with E-state index >= 15 is 0 Å². The Hall–Kier alpha value is -1.79. The molecule has 18 heavy (non-hydrogen) atoms. The molecule has 0 aromatic heterocycles. The van der Waals surface area contributed by atoms with Gasteiger partial charge in [0.25, 0.3) is 0 Å². The molecule has 0 fully saturated rings. The maximum absolute atomic E-state index is 9.20. The average Bonchev–Trinajstić information content (AvgIpc) is 2.43. The molecule has 1 unspecified atom stereocenters. The van der Waals surface area contributed by atoms with E-state index in [1.807, 2.05) is 54.6 Å². The molecule has 0 spiro atoms. The lowest BCUT2D eigenvalue weighted by Gasteiger charge is -2.11. The van der Waals surface area contributed by atoms with Crippen molar-refractivity contribution in [2.45, 2.75) is 5.92 Å². The molecule has 0 bridgehead atoms. The summed E-state index contributed by atoms with van der Waals surface area (Å²) >= 11 is 3.40. The van der Waals surface area contributed by atoms with Crippen LogP contribution in [0.3, 0.4) is 0 Å². The number of benzene rings is 2. The van der Waals surface area contributed by atoms with Crippen LogP contribution in [0.2, 0.25) is 0 Å². The van der Waals surface area contributed by atoms with Crippen molar-refractivity contribution < 1.29 is 0 Å². The zero-order chi connectivity index (χ0) is 12.8. The van der Waals surface area contributed by atoms with Crippen LogP contribution < -0.4 is 5.32 Å². The Morgan fingerprint density at radius 3 is 2.33 bits per heavy atom. The Labute approximate surface area is 115 Å². The molecule has 2 aromatic carbocycles. The lowest BCUT2D eigenvalue weighted by molar-refractivity contribution is 0.901. The van der Waals surface area contributed by atoms with E-state index in [-0.39, 0.29) is 5.92 Å². The molecular weight excluding hydrogens is 288 g/mol. The summed E-state index contributed by atoms with van der Waals surface area (Å²) in [7, 11) is 0. The first-order valence-electron chi connectivity index (χ1n) is 5.73. The Morgan fingerprint density at radius 1 is 1.06 bits per heavy atom. The maximum atomic E-state index is 9.20. The molecule has 0 saturated heterocycles. The Balaban J connectivity index is 2.00. The first-order chi connectivity index (χ1) is 8.79. The van der Waals surface area contributed by atoms with Gasteiger partial charge in [-0.1, -0.05) is 46.3 Å². The fraction of sp³-hybridized carbons (Fsp3) is 0.133. The number of halogens is 1. The van der Waals surface area contributed by atoms with Crippen molar-refractivity contribution in [3.8, 4) is 6.07 Å². The fourth-order valence-electron chi connectivity index (χ4n) is 1.71. The van der Waals surface area contributed by atoms with Gasteiger partial charge in [-0.15, -0.1) is 0 Å². The molecule has 0 radical (unpaired) electrons. The quantitative estimate of drug-likeness (QED) is 0.920. The third kappa shape index (κ3) is 3.35. The number of rotatable bonds is 4. The molecular formula is C15H13BrN2. The first-order valence-corrected chi connectivity index (χ1v) is 6.53. The Kier molecular flexibility index (Phi) is 4.38. The van der Waals surface area contributed by atoms with Gasteiger partial charge in [0, 0.05) is 16.7 Å². The summed E-state index contributed by atoms with van der Waals surface area (Å²) in [6, 6.07) is 20.1. The molecule has 1 atom stereocenters. The van der Waals surface area contributed by atoms with Crippen LogP contribution in [0.25, 0.3) is 0 Å². The highest BCUT2D eigenvalue weighted by Gasteiger charge is 2.09. The number of nitriles is 1. The van der Waals surface area contributed by atoms with Gasteiger partial charge >= 0.3 is 0 Å². The van der Waals surface area contributed by atoms with Crippen LogP contribution in [-0.4, -0.2) is 6.54 Å². The van der Waals surface area contributed by atoms with E-state index in [0.29, 0.717) is 6.54 Å². The van der Waals surface area contributed by atoms with Crippen molar-refractivity contribution in [2.75, 3.05) is 11.9 Å². The van der Waals surface area contributed by atoms with Crippen molar-refractivity contribution in [1.82, 2.24) is 0 Å². The largest absolute Gasteiger partial charge is 0.383 e. The molecule has 2 nitrogen and oxygen atoms in total. The molecule has 0 aliphatic rings. The molecule has 90 valence electrons. The van der Waals surface area contributed by atoms with Gasteiger partial charge in [0.05, 0.1) is 12.0 Å². The van der Waals surface area contributed by atoms with Crippen LogP contribution in [0, 0.1) is 11.3 Å². The molecule has 2 rings (SSSR count). The standard InChI is InChI=1S/C15H13BrN2/c16-14-6-8-15(9-7-14)18-11-13(10-17)12-4-2-1-3-5-12/h1-9,13,18H,11H2. The van der Waals surface area contributed by atoms with E-state index in [2.05, 4.69) is 27.3 Å². The first kappa shape index (κ1) is 12.7. The summed E-state index contributed by atoms with van der Waals surface area (Å²) in [5, 5.41) is 12.5. The SMILES string of the molecule is N#CC(CNc1ccc(Br)cc1)c1ccccc1. The van der Waals surface area contributed by atoms with Crippen LogP contribution in [-0.2, 0) is 0 Å². The van der Waals surface area contributed by atoms with Gasteiger partial charge in [-0.25, -0.2) is 0 Å². The second kappa shape index (κ2) is 6.23. The van der Waals surface area contributed by atoms with Crippen LogP contribution in [0.4, 0.5) is 5.69 Å². The molecule has 2 aromatic rings. The molecule has 0 aliphatic heterocycles. The van der Waals surface area contributed by atoms with Crippen LogP contribution in [0.1, 0.15) is 11.5 Å². The summed E-state index contributed by atoms with van der Waals surface area (Å²) in [6.07, 6.45) is 0. The highest BCUT2D eigenvalue weighted by Crippen LogP contribution is 2.18. The van der Waals surface area contributed by atoms with E-state index in [4.69, 9.17) is 0 Å². The van der Waals surface area contributed by atoms with Gasteiger partial charge in [0.1, 0.15) is 0 Å². The maximum Gasteiger partial charge on any atom is 0.0885 e. The predicted octanol–water partition coefficient (Wildman–Crippen LogP) is 4.17. The van der Waals surface area contributed by atoms with Crippen molar-refractivity contribution in [2.24, 2.45) is 0 Å². The smallest absolute Gasteiger partial charge is 0.0885 e. The van der Waals surface area contributed by atoms with Gasteiger partial charge < -0.3 is 5.32 Å². The number of nitrogens with zero attached hydrogens (tertiary/aromatic N) is 1. The second-order valence-electron chi connectivity index (χ2n) is 3.98. The van der Waals surface area contributed by atoms with Crippen LogP contribution in [0.5, 0.6) is 0 Å². The minimum atomic E-state index is -0.130. The van der Waals surface area contributed by atoms with Crippen molar-refractivity contribution in [1.29, 1.82) is 5.26 Å². The van der Waals surface area contributed by atoms with Gasteiger partial charge in [-0.3, -0.25) is 0 Å². The normalized spacial score (nSPS) is 11.6. The van der Waals surface area contributed by atoms with E-state index in [1.54, 1.807) is 0 Å². The summed E-state index contributed by atoms with van der Waals surface area (Å²) < 4.78 is 1.05. The van der Waals surface area contributed by atoms with Crippen LogP contribution in [0.15, 0.2) is 59.1 Å². The van der Waals surface area contributed by atoms with Crippen molar-refractivity contribution in [3.63, 3.8) is 0 Å². The highest BCUT2D eigenvalue weighted by atomic mass is 79.9. The second-order valence-corrected chi connectivity index (χ2v) is 4.90. The molecule has 1 N–H and O–H groups in total. The molecule has 0 amide bonds. The molecule has 0 aliphatic carbocycles. The zero-order valence-corrected chi connectivity index (χ0v) is 11.4.